The molecule has 1 saturated heterocycles. The maximum atomic E-state index is 12.5. The molecule has 138 valence electrons. The highest BCUT2D eigenvalue weighted by Gasteiger charge is 2.30. The molecule has 0 radical (unpaired) electrons. The Morgan fingerprint density at radius 3 is 3.00 bits per heavy atom. The quantitative estimate of drug-likeness (QED) is 0.752. The van der Waals surface area contributed by atoms with Gasteiger partial charge in [-0.05, 0) is 43.7 Å². The average Bonchev–Trinajstić information content (AvgIpc) is 3.17. The van der Waals surface area contributed by atoms with Gasteiger partial charge in [-0.3, -0.25) is 4.79 Å². The van der Waals surface area contributed by atoms with Crippen molar-refractivity contribution in [3.05, 3.63) is 57.8 Å². The second-order valence-corrected chi connectivity index (χ2v) is 7.48. The van der Waals surface area contributed by atoms with Crippen molar-refractivity contribution in [3.63, 3.8) is 0 Å². The van der Waals surface area contributed by atoms with Gasteiger partial charge >= 0.3 is 0 Å². The highest BCUT2D eigenvalue weighted by Crippen LogP contribution is 2.34. The molecule has 0 bridgehead atoms. The lowest BCUT2D eigenvalue weighted by molar-refractivity contribution is 0.308. The smallest absolute Gasteiger partial charge is 0.258 e. The predicted molar refractivity (Wildman–Crippen MR) is 104 cm³/mol. The number of hydrogen-bond acceptors (Lipinski definition) is 6. The largest absolute Gasteiger partial charge is 0.345 e. The van der Waals surface area contributed by atoms with E-state index in [4.69, 9.17) is 4.98 Å². The number of aromatic nitrogens is 4. The maximum absolute atomic E-state index is 12.5. The Bertz CT molecular complexity index is 1060. The van der Waals surface area contributed by atoms with Crippen molar-refractivity contribution in [2.45, 2.75) is 31.8 Å². The molecule has 7 heteroatoms. The molecule has 0 amide bonds. The molecule has 2 aliphatic rings. The minimum atomic E-state index is -0.0828. The first kappa shape index (κ1) is 16.4. The lowest BCUT2D eigenvalue weighted by Crippen LogP contribution is -2.30. The number of rotatable bonds is 2. The van der Waals surface area contributed by atoms with Crippen LogP contribution in [0.4, 0.5) is 5.82 Å². The molecule has 27 heavy (non-hydrogen) atoms. The normalized spacial score (nSPS) is 20.2. The molecule has 2 aliphatic heterocycles. The van der Waals surface area contributed by atoms with E-state index in [1.807, 2.05) is 24.3 Å². The molecule has 1 atom stereocenters. The molecular formula is C20H22N6O. The van der Waals surface area contributed by atoms with Crippen LogP contribution in [-0.2, 0) is 13.0 Å². The van der Waals surface area contributed by atoms with E-state index in [0.717, 1.165) is 55.9 Å². The first-order valence-electron chi connectivity index (χ1n) is 9.48. The highest BCUT2D eigenvalue weighted by atomic mass is 16.1. The van der Waals surface area contributed by atoms with Crippen LogP contribution >= 0.6 is 0 Å². The summed E-state index contributed by atoms with van der Waals surface area (Å²) < 4.78 is 0. The summed E-state index contributed by atoms with van der Waals surface area (Å²) in [5.74, 6) is 1.59. The molecule has 0 saturated carbocycles. The first-order valence-corrected chi connectivity index (χ1v) is 9.48. The van der Waals surface area contributed by atoms with Crippen molar-refractivity contribution in [2.24, 2.45) is 0 Å². The first-order chi connectivity index (χ1) is 13.2. The number of benzene rings is 1. The third kappa shape index (κ3) is 2.88. The van der Waals surface area contributed by atoms with E-state index in [1.165, 1.54) is 5.56 Å². The second kappa shape index (κ2) is 6.42. The molecule has 1 aromatic carbocycles. The number of H-pyrrole nitrogens is 1. The Balaban J connectivity index is 1.53. The summed E-state index contributed by atoms with van der Waals surface area (Å²) in [6.07, 6.45) is 2.93. The summed E-state index contributed by atoms with van der Waals surface area (Å²) in [6, 6.07) is 9.66. The Labute approximate surface area is 157 Å². The standard InChI is InChI=1S/C20H22N6O/c1-25-10-8-15-13(12-25)11-18(24-23-15)26-9-4-7-17(26)19-21-16-6-3-2-5-14(16)20(27)22-19/h2-3,5-6,11,17H,4,7-10,12H2,1H3,(H,21,22,27). The van der Waals surface area contributed by atoms with Crippen LogP contribution in [0.3, 0.4) is 0 Å². The van der Waals surface area contributed by atoms with E-state index in [9.17, 15) is 4.79 Å². The number of anilines is 1. The number of nitrogens with zero attached hydrogens (tertiary/aromatic N) is 5. The van der Waals surface area contributed by atoms with E-state index in [0.29, 0.717) is 11.2 Å². The van der Waals surface area contributed by atoms with Crippen molar-refractivity contribution in [1.29, 1.82) is 0 Å². The molecule has 3 aromatic rings. The van der Waals surface area contributed by atoms with Gasteiger partial charge in [0, 0.05) is 26.1 Å². The van der Waals surface area contributed by atoms with Gasteiger partial charge in [0.2, 0.25) is 0 Å². The zero-order chi connectivity index (χ0) is 18.4. The monoisotopic (exact) mass is 362 g/mol. The van der Waals surface area contributed by atoms with Gasteiger partial charge in [0.1, 0.15) is 5.82 Å². The average molecular weight is 362 g/mol. The summed E-state index contributed by atoms with van der Waals surface area (Å²) >= 11 is 0. The van der Waals surface area contributed by atoms with Crippen LogP contribution in [0, 0.1) is 0 Å². The molecular weight excluding hydrogens is 340 g/mol. The molecule has 1 unspecified atom stereocenters. The van der Waals surface area contributed by atoms with Gasteiger partial charge in [0.15, 0.2) is 5.82 Å². The van der Waals surface area contributed by atoms with Gasteiger partial charge in [-0.15, -0.1) is 5.10 Å². The van der Waals surface area contributed by atoms with Crippen LogP contribution in [0.5, 0.6) is 0 Å². The number of nitrogens with one attached hydrogen (secondary N) is 1. The van der Waals surface area contributed by atoms with Crippen molar-refractivity contribution in [3.8, 4) is 0 Å². The fourth-order valence-electron chi connectivity index (χ4n) is 4.19. The minimum absolute atomic E-state index is 0.0241. The lowest BCUT2D eigenvalue weighted by atomic mass is 10.1. The SMILES string of the molecule is CN1CCc2nnc(N3CCCC3c3nc4ccccc4c(=O)[nH]3)cc2C1. The molecule has 4 heterocycles. The molecule has 2 aromatic heterocycles. The Morgan fingerprint density at radius 2 is 2.07 bits per heavy atom. The molecule has 0 aliphatic carbocycles. The predicted octanol–water partition coefficient (Wildman–Crippen LogP) is 2.04. The number of para-hydroxylation sites is 1. The van der Waals surface area contributed by atoms with Crippen LogP contribution in [0.1, 0.15) is 36.0 Å². The summed E-state index contributed by atoms with van der Waals surface area (Å²) in [4.78, 5) is 24.8. The summed E-state index contributed by atoms with van der Waals surface area (Å²) in [7, 11) is 2.13. The topological polar surface area (TPSA) is 78.0 Å². The lowest BCUT2D eigenvalue weighted by Gasteiger charge is -2.28. The Kier molecular flexibility index (Phi) is 3.89. The van der Waals surface area contributed by atoms with Crippen molar-refractivity contribution in [1.82, 2.24) is 25.1 Å². The van der Waals surface area contributed by atoms with Crippen LogP contribution in [0.15, 0.2) is 35.1 Å². The fraction of sp³-hybridized carbons (Fsp3) is 0.400. The third-order valence-electron chi connectivity index (χ3n) is 5.61. The molecule has 1 N–H and O–H groups in total. The third-order valence-corrected chi connectivity index (χ3v) is 5.61. The van der Waals surface area contributed by atoms with Crippen LogP contribution < -0.4 is 10.5 Å². The molecule has 7 nitrogen and oxygen atoms in total. The van der Waals surface area contributed by atoms with Crippen molar-refractivity contribution in [2.75, 3.05) is 25.0 Å². The van der Waals surface area contributed by atoms with Crippen molar-refractivity contribution < 1.29 is 0 Å². The van der Waals surface area contributed by atoms with E-state index in [2.05, 4.69) is 38.1 Å². The minimum Gasteiger partial charge on any atom is -0.345 e. The van der Waals surface area contributed by atoms with Gasteiger partial charge in [-0.2, -0.15) is 5.10 Å². The summed E-state index contributed by atoms with van der Waals surface area (Å²) in [5, 5.41) is 9.61. The Morgan fingerprint density at radius 1 is 1.19 bits per heavy atom. The van der Waals surface area contributed by atoms with E-state index >= 15 is 0 Å². The second-order valence-electron chi connectivity index (χ2n) is 7.48. The van der Waals surface area contributed by atoms with Gasteiger partial charge in [-0.1, -0.05) is 12.1 Å². The summed E-state index contributed by atoms with van der Waals surface area (Å²) in [6.45, 7) is 2.82. The molecule has 0 spiro atoms. The van der Waals surface area contributed by atoms with E-state index in [1.54, 1.807) is 0 Å². The zero-order valence-electron chi connectivity index (χ0n) is 15.4. The van der Waals surface area contributed by atoms with Gasteiger partial charge in [0.05, 0.1) is 22.6 Å². The van der Waals surface area contributed by atoms with E-state index in [-0.39, 0.29) is 11.6 Å². The van der Waals surface area contributed by atoms with Gasteiger partial charge in [-0.25, -0.2) is 4.98 Å². The Hall–Kier alpha value is -2.80. The van der Waals surface area contributed by atoms with Crippen LogP contribution in [0.25, 0.3) is 10.9 Å². The van der Waals surface area contributed by atoms with Gasteiger partial charge < -0.3 is 14.8 Å². The number of fused-ring (bicyclic) bond motifs is 2. The maximum Gasteiger partial charge on any atom is 0.258 e. The number of hydrogen-bond donors (Lipinski definition) is 1. The zero-order valence-corrected chi connectivity index (χ0v) is 15.4. The fourth-order valence-corrected chi connectivity index (χ4v) is 4.19. The van der Waals surface area contributed by atoms with Crippen LogP contribution in [-0.4, -0.2) is 45.2 Å². The van der Waals surface area contributed by atoms with E-state index < -0.39 is 0 Å². The molecule has 5 rings (SSSR count). The summed E-state index contributed by atoms with van der Waals surface area (Å²) in [5.41, 5.74) is 3.01. The number of likely N-dealkylation sites (N-methyl/N-ethyl adjacent to an activating group) is 1. The van der Waals surface area contributed by atoms with Gasteiger partial charge in [0.25, 0.3) is 5.56 Å². The number of aromatic amines is 1. The van der Waals surface area contributed by atoms with Crippen molar-refractivity contribution >= 4 is 16.7 Å². The molecule has 1 fully saturated rings. The van der Waals surface area contributed by atoms with Crippen LogP contribution in [0.2, 0.25) is 0 Å². The highest BCUT2D eigenvalue weighted by molar-refractivity contribution is 5.77.